The summed E-state index contributed by atoms with van der Waals surface area (Å²) in [6.45, 7) is 0.328. The number of carbonyl (C=O) groups excluding carboxylic acids is 3. The number of imide groups is 1. The third-order valence-corrected chi connectivity index (χ3v) is 6.25. The van der Waals surface area contributed by atoms with Gasteiger partial charge in [-0.3, -0.25) is 19.3 Å². The number of hydrogen-bond acceptors (Lipinski definition) is 6. The van der Waals surface area contributed by atoms with Crippen molar-refractivity contribution >= 4 is 29.1 Å². The fraction of sp³-hybridized carbons (Fsp3) is 0.120. The van der Waals surface area contributed by atoms with E-state index in [-0.39, 0.29) is 30.1 Å². The summed E-state index contributed by atoms with van der Waals surface area (Å²) in [6, 6.07) is 18.0. The standard InChI is InChI=1S/C25H19N3O4S/c29-23(26-13-18-15-33-22(27-18)11-16-5-2-1-3-6-16)17-8-9-20-21(12-17)25(31)28(24(20)30)14-19-7-4-10-32-19/h1-10,12,15H,11,13-14H2,(H,26,29). The summed E-state index contributed by atoms with van der Waals surface area (Å²) in [6.07, 6.45) is 2.23. The Morgan fingerprint density at radius 1 is 1.00 bits per heavy atom. The zero-order chi connectivity index (χ0) is 22.8. The first-order valence-electron chi connectivity index (χ1n) is 10.4. The van der Waals surface area contributed by atoms with Gasteiger partial charge in [0.2, 0.25) is 0 Å². The normalized spacial score (nSPS) is 12.8. The molecule has 3 heterocycles. The largest absolute Gasteiger partial charge is 0.467 e. The number of benzene rings is 2. The lowest BCUT2D eigenvalue weighted by Crippen LogP contribution is -2.28. The molecular formula is C25H19N3O4S. The molecular weight excluding hydrogens is 438 g/mol. The summed E-state index contributed by atoms with van der Waals surface area (Å²) < 4.78 is 5.25. The maximum Gasteiger partial charge on any atom is 0.261 e. The van der Waals surface area contributed by atoms with E-state index in [1.807, 2.05) is 23.6 Å². The first-order chi connectivity index (χ1) is 16.1. The van der Waals surface area contributed by atoms with Crippen LogP contribution in [-0.2, 0) is 19.5 Å². The van der Waals surface area contributed by atoms with Gasteiger partial charge in [0.25, 0.3) is 17.7 Å². The molecule has 0 atom stereocenters. The van der Waals surface area contributed by atoms with Crippen molar-refractivity contribution in [1.29, 1.82) is 0 Å². The van der Waals surface area contributed by atoms with Gasteiger partial charge in [0.05, 0.1) is 41.2 Å². The first kappa shape index (κ1) is 20.8. The highest BCUT2D eigenvalue weighted by Gasteiger charge is 2.36. The summed E-state index contributed by atoms with van der Waals surface area (Å²) in [5, 5.41) is 5.74. The molecule has 7 nitrogen and oxygen atoms in total. The average Bonchev–Trinajstić information content (AvgIpc) is 3.56. The van der Waals surface area contributed by atoms with Gasteiger partial charge in [-0.2, -0.15) is 0 Å². The van der Waals surface area contributed by atoms with E-state index in [1.165, 1.54) is 24.0 Å². The highest BCUT2D eigenvalue weighted by molar-refractivity contribution is 7.09. The van der Waals surface area contributed by atoms with Crippen molar-refractivity contribution in [2.45, 2.75) is 19.5 Å². The van der Waals surface area contributed by atoms with Crippen LogP contribution >= 0.6 is 11.3 Å². The Labute approximate surface area is 193 Å². The number of carbonyl (C=O) groups is 3. The van der Waals surface area contributed by atoms with Gasteiger partial charge in [0, 0.05) is 17.4 Å². The van der Waals surface area contributed by atoms with Crippen LogP contribution in [-0.4, -0.2) is 27.6 Å². The maximum absolute atomic E-state index is 12.8. The number of amides is 3. The smallest absolute Gasteiger partial charge is 0.261 e. The topological polar surface area (TPSA) is 92.5 Å². The van der Waals surface area contributed by atoms with Crippen molar-refractivity contribution in [3.05, 3.63) is 111 Å². The number of furan rings is 1. The summed E-state index contributed by atoms with van der Waals surface area (Å²) in [7, 11) is 0. The molecule has 0 spiro atoms. The predicted molar refractivity (Wildman–Crippen MR) is 122 cm³/mol. The van der Waals surface area contributed by atoms with E-state index in [0.717, 1.165) is 22.0 Å². The van der Waals surface area contributed by atoms with E-state index in [9.17, 15) is 14.4 Å². The molecule has 33 heavy (non-hydrogen) atoms. The number of rotatable bonds is 7. The third kappa shape index (κ3) is 4.33. The van der Waals surface area contributed by atoms with Crippen LogP contribution in [0.4, 0.5) is 0 Å². The van der Waals surface area contributed by atoms with Crippen molar-refractivity contribution in [3.8, 4) is 0 Å². The van der Waals surface area contributed by atoms with Crippen molar-refractivity contribution in [1.82, 2.24) is 15.2 Å². The van der Waals surface area contributed by atoms with E-state index in [4.69, 9.17) is 4.42 Å². The van der Waals surface area contributed by atoms with Crippen molar-refractivity contribution in [2.75, 3.05) is 0 Å². The van der Waals surface area contributed by atoms with Crippen LogP contribution in [0.3, 0.4) is 0 Å². The fourth-order valence-corrected chi connectivity index (χ4v) is 4.52. The number of nitrogens with zero attached hydrogens (tertiary/aromatic N) is 2. The van der Waals surface area contributed by atoms with Crippen LogP contribution in [0.25, 0.3) is 0 Å². The molecule has 3 amide bonds. The third-order valence-electron chi connectivity index (χ3n) is 5.35. The minimum atomic E-state index is -0.439. The monoisotopic (exact) mass is 457 g/mol. The lowest BCUT2D eigenvalue weighted by molar-refractivity contribution is 0.0631. The van der Waals surface area contributed by atoms with Gasteiger partial charge in [-0.15, -0.1) is 11.3 Å². The molecule has 8 heteroatoms. The van der Waals surface area contributed by atoms with E-state index in [1.54, 1.807) is 29.5 Å². The number of aromatic nitrogens is 1. The molecule has 0 fully saturated rings. The van der Waals surface area contributed by atoms with Gasteiger partial charge in [-0.05, 0) is 35.9 Å². The Bertz CT molecular complexity index is 1330. The maximum atomic E-state index is 12.8. The second-order valence-corrected chi connectivity index (χ2v) is 8.56. The molecule has 1 aliphatic heterocycles. The van der Waals surface area contributed by atoms with Crippen LogP contribution < -0.4 is 5.32 Å². The van der Waals surface area contributed by atoms with Gasteiger partial charge in [-0.1, -0.05) is 30.3 Å². The highest BCUT2D eigenvalue weighted by atomic mass is 32.1. The average molecular weight is 458 g/mol. The summed E-state index contributed by atoms with van der Waals surface area (Å²) in [5.74, 6) is -0.657. The molecule has 0 saturated heterocycles. The molecule has 0 saturated carbocycles. The summed E-state index contributed by atoms with van der Waals surface area (Å²) >= 11 is 1.55. The molecule has 0 bridgehead atoms. The number of fused-ring (bicyclic) bond motifs is 1. The minimum absolute atomic E-state index is 0.0516. The van der Waals surface area contributed by atoms with E-state index in [0.29, 0.717) is 11.3 Å². The van der Waals surface area contributed by atoms with Crippen molar-refractivity contribution < 1.29 is 18.8 Å². The second kappa shape index (κ2) is 8.84. The zero-order valence-corrected chi connectivity index (χ0v) is 18.3. The van der Waals surface area contributed by atoms with Gasteiger partial charge in [0.1, 0.15) is 5.76 Å². The lowest BCUT2D eigenvalue weighted by atomic mass is 10.1. The van der Waals surface area contributed by atoms with Crippen LogP contribution in [0.2, 0.25) is 0 Å². The molecule has 0 radical (unpaired) electrons. The quantitative estimate of drug-likeness (QED) is 0.423. The highest BCUT2D eigenvalue weighted by Crippen LogP contribution is 2.26. The summed E-state index contributed by atoms with van der Waals surface area (Å²) in [5.41, 5.74) is 2.78. The van der Waals surface area contributed by atoms with Crippen LogP contribution in [0.1, 0.15) is 53.1 Å². The molecule has 2 aromatic heterocycles. The van der Waals surface area contributed by atoms with E-state index in [2.05, 4.69) is 22.4 Å². The molecule has 2 aromatic carbocycles. The van der Waals surface area contributed by atoms with Gasteiger partial charge in [-0.25, -0.2) is 4.98 Å². The van der Waals surface area contributed by atoms with Crippen molar-refractivity contribution in [2.24, 2.45) is 0 Å². The van der Waals surface area contributed by atoms with Crippen LogP contribution in [0, 0.1) is 0 Å². The molecule has 164 valence electrons. The number of nitrogens with one attached hydrogen (secondary N) is 1. The number of hydrogen-bond donors (Lipinski definition) is 1. The molecule has 0 aliphatic carbocycles. The first-order valence-corrected chi connectivity index (χ1v) is 11.2. The van der Waals surface area contributed by atoms with E-state index >= 15 is 0 Å². The minimum Gasteiger partial charge on any atom is -0.467 e. The molecule has 1 aliphatic rings. The Kier molecular flexibility index (Phi) is 5.58. The second-order valence-electron chi connectivity index (χ2n) is 7.61. The van der Waals surface area contributed by atoms with Gasteiger partial charge < -0.3 is 9.73 Å². The Hall–Kier alpha value is -4.04. The predicted octanol–water partition coefficient (Wildman–Crippen LogP) is 4.05. The fourth-order valence-electron chi connectivity index (χ4n) is 3.69. The Balaban J connectivity index is 1.23. The summed E-state index contributed by atoms with van der Waals surface area (Å²) in [4.78, 5) is 43.8. The molecule has 5 rings (SSSR count). The SMILES string of the molecule is O=C(NCc1csc(Cc2ccccc2)n1)c1ccc2c(c1)C(=O)N(Cc1ccco1)C2=O. The van der Waals surface area contributed by atoms with Gasteiger partial charge >= 0.3 is 0 Å². The van der Waals surface area contributed by atoms with E-state index < -0.39 is 11.8 Å². The van der Waals surface area contributed by atoms with Crippen molar-refractivity contribution in [3.63, 3.8) is 0 Å². The zero-order valence-electron chi connectivity index (χ0n) is 17.5. The van der Waals surface area contributed by atoms with Gasteiger partial charge in [0.15, 0.2) is 0 Å². The molecule has 1 N–H and O–H groups in total. The van der Waals surface area contributed by atoms with Crippen LogP contribution in [0.15, 0.2) is 76.7 Å². The molecule has 4 aromatic rings. The van der Waals surface area contributed by atoms with Crippen LogP contribution in [0.5, 0.6) is 0 Å². The molecule has 0 unspecified atom stereocenters. The Morgan fingerprint density at radius 3 is 2.61 bits per heavy atom. The lowest BCUT2D eigenvalue weighted by Gasteiger charge is -2.11. The number of thiazole rings is 1. The Morgan fingerprint density at radius 2 is 1.82 bits per heavy atom.